The fraction of sp³-hybridized carbons (Fsp3) is 0.300. The van der Waals surface area contributed by atoms with E-state index < -0.39 is 39.1 Å². The van der Waals surface area contributed by atoms with Gasteiger partial charge in [-0.15, -0.1) is 0 Å². The van der Waals surface area contributed by atoms with Crippen LogP contribution in [0.15, 0.2) is 42.5 Å². The molecule has 1 atom stereocenters. The molecule has 4 aromatic rings. The van der Waals surface area contributed by atoms with Crippen molar-refractivity contribution in [2.75, 3.05) is 11.0 Å². The average molecular weight is 596 g/mol. The number of amides is 1. The molecule has 0 bridgehead atoms. The fourth-order valence-electron chi connectivity index (χ4n) is 4.86. The zero-order valence-corrected chi connectivity index (χ0v) is 24.6. The maximum atomic E-state index is 14.1. The molecule has 0 aliphatic carbocycles. The van der Waals surface area contributed by atoms with E-state index in [1.165, 1.54) is 26.0 Å². The van der Waals surface area contributed by atoms with Gasteiger partial charge in [0, 0.05) is 42.0 Å². The molecule has 4 rings (SSSR count). The molecule has 12 heteroatoms. The van der Waals surface area contributed by atoms with Crippen molar-refractivity contribution in [2.45, 2.75) is 45.1 Å². The number of hydrogen-bond donors (Lipinski definition) is 3. The zero-order valence-electron chi connectivity index (χ0n) is 23.8. The van der Waals surface area contributed by atoms with Crippen LogP contribution in [0, 0.1) is 30.4 Å². The van der Waals surface area contributed by atoms with Gasteiger partial charge in [-0.3, -0.25) is 14.2 Å². The minimum atomic E-state index is -3.64. The number of aryl methyl sites for hydroxylation is 2. The van der Waals surface area contributed by atoms with E-state index >= 15 is 0 Å². The minimum absolute atomic E-state index is 0.0290. The van der Waals surface area contributed by atoms with E-state index in [4.69, 9.17) is 10.7 Å². The number of anilines is 1. The molecule has 0 spiro atoms. The molecule has 0 aliphatic rings. The van der Waals surface area contributed by atoms with Gasteiger partial charge in [0.2, 0.25) is 15.9 Å². The maximum Gasteiger partial charge on any atom is 0.231 e. The van der Waals surface area contributed by atoms with Crippen LogP contribution in [0.3, 0.4) is 0 Å². The van der Waals surface area contributed by atoms with Crippen LogP contribution in [-0.4, -0.2) is 46.1 Å². The topological polar surface area (TPSA) is 140 Å². The third-order valence-corrected chi connectivity index (χ3v) is 6.99. The summed E-state index contributed by atoms with van der Waals surface area (Å²) in [6.07, 6.45) is 0.870. The number of rotatable bonds is 8. The Morgan fingerprint density at radius 2 is 1.79 bits per heavy atom. The van der Waals surface area contributed by atoms with Crippen molar-refractivity contribution >= 4 is 32.7 Å². The molecule has 0 radical (unpaired) electrons. The quantitative estimate of drug-likeness (QED) is 0.264. The monoisotopic (exact) mass is 595 g/mol. The van der Waals surface area contributed by atoms with Crippen LogP contribution in [0.25, 0.3) is 22.0 Å². The lowest BCUT2D eigenvalue weighted by Gasteiger charge is -2.20. The van der Waals surface area contributed by atoms with E-state index in [9.17, 15) is 27.1 Å². The van der Waals surface area contributed by atoms with Crippen molar-refractivity contribution in [1.29, 1.82) is 0 Å². The van der Waals surface area contributed by atoms with Gasteiger partial charge < -0.3 is 10.8 Å². The van der Waals surface area contributed by atoms with Crippen LogP contribution < -0.4 is 10.5 Å². The molecule has 2 heterocycles. The van der Waals surface area contributed by atoms with Crippen molar-refractivity contribution in [2.24, 2.45) is 12.8 Å². The van der Waals surface area contributed by atoms with Gasteiger partial charge >= 0.3 is 0 Å². The Morgan fingerprint density at radius 1 is 1.14 bits per heavy atom. The number of benzene rings is 2. The Balaban J connectivity index is 2.00. The lowest BCUT2D eigenvalue weighted by Crippen LogP contribution is -2.19. The summed E-state index contributed by atoms with van der Waals surface area (Å²) in [5.74, 6) is 2.81. The SMILES string of the molecule is Cc1ccc(-c2ccc(C#CC(C)(C)O)nc2[C@H](CC(N)=O)Cc2cc(F)cc(F)c2)c2c1c(NS(C)(=O)=O)nn2C. The minimum Gasteiger partial charge on any atom is -0.378 e. The molecule has 4 N–H and O–H groups in total. The van der Waals surface area contributed by atoms with Crippen LogP contribution >= 0.6 is 0 Å². The maximum absolute atomic E-state index is 14.1. The average Bonchev–Trinajstić information content (AvgIpc) is 3.16. The van der Waals surface area contributed by atoms with Crippen molar-refractivity contribution in [3.63, 3.8) is 0 Å². The number of carbonyl (C=O) groups excluding carboxylic acids is 1. The number of halogens is 2. The molecule has 2 aromatic carbocycles. The second-order valence-electron chi connectivity index (χ2n) is 10.8. The second kappa shape index (κ2) is 11.5. The van der Waals surface area contributed by atoms with Crippen molar-refractivity contribution in [1.82, 2.24) is 14.8 Å². The zero-order chi connectivity index (χ0) is 31.0. The lowest BCUT2D eigenvalue weighted by atomic mass is 9.87. The number of hydrogen-bond acceptors (Lipinski definition) is 6. The molecule has 42 heavy (non-hydrogen) atoms. The second-order valence-corrected chi connectivity index (χ2v) is 12.5. The fourth-order valence-corrected chi connectivity index (χ4v) is 5.36. The standard InChI is InChI=1S/C30H31F2N5O4S/c1-17-6-8-24(28-26(17)29(35-37(28)4)36-42(5,40)41)23-9-7-22(10-11-30(2,3)39)34-27(23)19(15-25(33)38)12-18-13-20(31)16-21(32)14-18/h6-9,13-14,16,19,39H,12,15H2,1-5H3,(H2,33,38)(H,35,36)/t19-/m0/s1. The Hall–Kier alpha value is -4.34. The lowest BCUT2D eigenvalue weighted by molar-refractivity contribution is -0.118. The molecule has 2 aromatic heterocycles. The smallest absolute Gasteiger partial charge is 0.231 e. The normalized spacial score (nSPS) is 12.6. The molecule has 0 fully saturated rings. The van der Waals surface area contributed by atoms with Gasteiger partial charge in [-0.25, -0.2) is 22.2 Å². The van der Waals surface area contributed by atoms with Crippen LogP contribution in [0.4, 0.5) is 14.6 Å². The van der Waals surface area contributed by atoms with E-state index in [1.807, 2.05) is 19.1 Å². The first-order valence-electron chi connectivity index (χ1n) is 12.9. The van der Waals surface area contributed by atoms with E-state index in [0.717, 1.165) is 17.9 Å². The number of nitrogens with two attached hydrogens (primary N) is 1. The Kier molecular flexibility index (Phi) is 8.39. The van der Waals surface area contributed by atoms with Gasteiger partial charge in [0.25, 0.3) is 0 Å². The highest BCUT2D eigenvalue weighted by molar-refractivity contribution is 7.92. The number of aliphatic hydroxyl groups is 1. The number of primary amides is 1. The van der Waals surface area contributed by atoms with Gasteiger partial charge in [0.1, 0.15) is 22.9 Å². The highest BCUT2D eigenvalue weighted by Crippen LogP contribution is 2.39. The summed E-state index contributed by atoms with van der Waals surface area (Å²) in [5, 5.41) is 15.1. The summed E-state index contributed by atoms with van der Waals surface area (Å²) in [7, 11) is -1.96. The van der Waals surface area contributed by atoms with Gasteiger partial charge in [0.15, 0.2) is 5.82 Å². The summed E-state index contributed by atoms with van der Waals surface area (Å²) in [5.41, 5.74) is 7.84. The van der Waals surface area contributed by atoms with E-state index in [0.29, 0.717) is 39.0 Å². The Bertz CT molecular complexity index is 1850. The third-order valence-electron chi connectivity index (χ3n) is 6.43. The predicted octanol–water partition coefficient (Wildman–Crippen LogP) is 3.92. The van der Waals surface area contributed by atoms with Crippen LogP contribution in [0.5, 0.6) is 0 Å². The van der Waals surface area contributed by atoms with Gasteiger partial charge in [0.05, 0.1) is 17.5 Å². The van der Waals surface area contributed by atoms with Crippen molar-refractivity contribution in [3.05, 3.63) is 76.6 Å². The predicted molar refractivity (Wildman–Crippen MR) is 157 cm³/mol. The van der Waals surface area contributed by atoms with Crippen LogP contribution in [0.2, 0.25) is 0 Å². The number of pyridine rings is 1. The van der Waals surface area contributed by atoms with Crippen LogP contribution in [0.1, 0.15) is 48.7 Å². The van der Waals surface area contributed by atoms with E-state index in [1.54, 1.807) is 23.9 Å². The number of nitrogens with one attached hydrogen (secondary N) is 1. The van der Waals surface area contributed by atoms with Crippen molar-refractivity contribution in [3.8, 4) is 23.0 Å². The number of sulfonamides is 1. The Labute approximate surface area is 242 Å². The summed E-state index contributed by atoms with van der Waals surface area (Å²) in [6, 6.07) is 10.2. The van der Waals surface area contributed by atoms with Crippen molar-refractivity contribution < 1.29 is 27.1 Å². The molecule has 220 valence electrons. The van der Waals surface area contributed by atoms with Gasteiger partial charge in [-0.05, 0) is 68.5 Å². The summed E-state index contributed by atoms with van der Waals surface area (Å²) >= 11 is 0. The molecular formula is C30H31F2N5O4S. The summed E-state index contributed by atoms with van der Waals surface area (Å²) in [6.45, 7) is 4.87. The Morgan fingerprint density at radius 3 is 2.38 bits per heavy atom. The first kappa shape index (κ1) is 30.6. The van der Waals surface area contributed by atoms with Gasteiger partial charge in [-0.1, -0.05) is 18.1 Å². The van der Waals surface area contributed by atoms with Gasteiger partial charge in [-0.2, -0.15) is 5.10 Å². The molecule has 0 unspecified atom stereocenters. The number of nitrogens with zero attached hydrogens (tertiary/aromatic N) is 3. The van der Waals surface area contributed by atoms with Crippen LogP contribution in [-0.2, 0) is 28.3 Å². The molecule has 9 nitrogen and oxygen atoms in total. The number of fused-ring (bicyclic) bond motifs is 1. The summed E-state index contributed by atoms with van der Waals surface area (Å²) < 4.78 is 56.3. The number of carbonyl (C=O) groups is 1. The third kappa shape index (κ3) is 7.29. The largest absolute Gasteiger partial charge is 0.378 e. The highest BCUT2D eigenvalue weighted by Gasteiger charge is 2.25. The molecule has 0 saturated carbocycles. The molecular weight excluding hydrogens is 564 g/mol. The molecule has 1 amide bonds. The summed E-state index contributed by atoms with van der Waals surface area (Å²) in [4.78, 5) is 17.0. The number of aromatic nitrogens is 3. The first-order valence-corrected chi connectivity index (χ1v) is 14.8. The first-order chi connectivity index (χ1) is 19.5. The molecule has 0 saturated heterocycles. The van der Waals surface area contributed by atoms with E-state index in [2.05, 4.69) is 21.7 Å². The molecule has 0 aliphatic heterocycles. The van der Waals surface area contributed by atoms with E-state index in [-0.39, 0.29) is 18.7 Å². The highest BCUT2D eigenvalue weighted by atomic mass is 32.2.